The van der Waals surface area contributed by atoms with Gasteiger partial charge in [0.2, 0.25) is 5.91 Å². The maximum Gasteiger partial charge on any atom is 0.223 e. The molecule has 82 valence electrons. The number of hydrogen-bond acceptors (Lipinski definition) is 2. The molecule has 0 aromatic carbocycles. The van der Waals surface area contributed by atoms with Crippen LogP contribution in [0.3, 0.4) is 0 Å². The van der Waals surface area contributed by atoms with Gasteiger partial charge in [-0.3, -0.25) is 4.79 Å². The van der Waals surface area contributed by atoms with E-state index >= 15 is 0 Å². The van der Waals surface area contributed by atoms with Gasteiger partial charge in [-0.1, -0.05) is 26.2 Å². The molecule has 1 rings (SSSR count). The number of carbonyl (C=O) groups excluding carboxylic acids is 1. The van der Waals surface area contributed by atoms with Gasteiger partial charge in [0.15, 0.2) is 0 Å². The number of carbonyl (C=O) groups is 1. The summed E-state index contributed by atoms with van der Waals surface area (Å²) in [5.41, 5.74) is 5.32. The lowest BCUT2D eigenvalue weighted by atomic mass is 9.74. The Labute approximate surface area is 86.4 Å². The van der Waals surface area contributed by atoms with Crippen LogP contribution in [0.4, 0.5) is 0 Å². The second-order valence-electron chi connectivity index (χ2n) is 4.35. The van der Waals surface area contributed by atoms with Crippen LogP contribution in [-0.4, -0.2) is 19.0 Å². The Hall–Kier alpha value is -0.570. The fourth-order valence-electron chi connectivity index (χ4n) is 2.24. The molecule has 1 amide bonds. The smallest absolute Gasteiger partial charge is 0.223 e. The molecular formula is C11H22N2O. The molecule has 1 aliphatic rings. The van der Waals surface area contributed by atoms with Crippen LogP contribution in [-0.2, 0) is 4.79 Å². The third-order valence-electron chi connectivity index (χ3n) is 3.34. The van der Waals surface area contributed by atoms with Crippen molar-refractivity contribution < 1.29 is 4.79 Å². The van der Waals surface area contributed by atoms with Crippen molar-refractivity contribution in [1.82, 2.24) is 5.32 Å². The lowest BCUT2D eigenvalue weighted by Crippen LogP contribution is -2.45. The molecular weight excluding hydrogens is 176 g/mol. The molecule has 0 atom stereocenters. The fourth-order valence-corrected chi connectivity index (χ4v) is 2.24. The summed E-state index contributed by atoms with van der Waals surface area (Å²) in [6.45, 7) is 4.06. The summed E-state index contributed by atoms with van der Waals surface area (Å²) in [6, 6.07) is 0. The van der Waals surface area contributed by atoms with E-state index in [2.05, 4.69) is 12.2 Å². The summed E-state index contributed by atoms with van der Waals surface area (Å²) >= 11 is 0. The van der Waals surface area contributed by atoms with Crippen molar-refractivity contribution in [1.29, 1.82) is 0 Å². The molecule has 0 unspecified atom stereocenters. The predicted molar refractivity (Wildman–Crippen MR) is 57.9 cm³/mol. The molecule has 1 fully saturated rings. The van der Waals surface area contributed by atoms with Crippen molar-refractivity contribution in [3.8, 4) is 0 Å². The second kappa shape index (κ2) is 5.35. The molecule has 1 heterocycles. The van der Waals surface area contributed by atoms with Gasteiger partial charge in [-0.15, -0.1) is 0 Å². The summed E-state index contributed by atoms with van der Waals surface area (Å²) in [5.74, 6) is -0.0879. The standard InChI is InChI=1S/C11H22N2O/c1-2-3-4-5-11(10(12)14)6-8-13-9-7-11/h13H,2-9H2,1H3,(H2,12,14). The molecule has 1 aliphatic heterocycles. The van der Waals surface area contributed by atoms with Crippen molar-refractivity contribution in [3.05, 3.63) is 0 Å². The van der Waals surface area contributed by atoms with E-state index in [4.69, 9.17) is 5.73 Å². The summed E-state index contributed by atoms with van der Waals surface area (Å²) in [5, 5.41) is 3.28. The first-order valence-corrected chi connectivity index (χ1v) is 5.72. The molecule has 0 aromatic heterocycles. The zero-order valence-electron chi connectivity index (χ0n) is 9.14. The van der Waals surface area contributed by atoms with Crippen LogP contribution >= 0.6 is 0 Å². The molecule has 0 aromatic rings. The molecule has 3 nitrogen and oxygen atoms in total. The van der Waals surface area contributed by atoms with Crippen molar-refractivity contribution in [2.45, 2.75) is 45.4 Å². The Morgan fingerprint density at radius 1 is 1.36 bits per heavy atom. The van der Waals surface area contributed by atoms with Crippen molar-refractivity contribution in [2.24, 2.45) is 11.1 Å². The summed E-state index contributed by atoms with van der Waals surface area (Å²) in [6.07, 6.45) is 6.38. The highest BCUT2D eigenvalue weighted by Gasteiger charge is 2.36. The van der Waals surface area contributed by atoms with Crippen LogP contribution in [0.15, 0.2) is 0 Å². The lowest BCUT2D eigenvalue weighted by molar-refractivity contribution is -0.129. The Morgan fingerprint density at radius 2 is 2.00 bits per heavy atom. The first kappa shape index (κ1) is 11.5. The van der Waals surface area contributed by atoms with Gasteiger partial charge in [-0.2, -0.15) is 0 Å². The van der Waals surface area contributed by atoms with Gasteiger partial charge in [-0.25, -0.2) is 0 Å². The minimum Gasteiger partial charge on any atom is -0.369 e. The largest absolute Gasteiger partial charge is 0.369 e. The number of nitrogens with one attached hydrogen (secondary N) is 1. The van der Waals surface area contributed by atoms with Crippen LogP contribution in [0.5, 0.6) is 0 Å². The van der Waals surface area contributed by atoms with Gasteiger partial charge in [0, 0.05) is 0 Å². The van der Waals surface area contributed by atoms with E-state index in [-0.39, 0.29) is 11.3 Å². The maximum atomic E-state index is 11.5. The van der Waals surface area contributed by atoms with E-state index in [1.807, 2.05) is 0 Å². The van der Waals surface area contributed by atoms with E-state index in [9.17, 15) is 4.79 Å². The van der Waals surface area contributed by atoms with Crippen LogP contribution in [0, 0.1) is 5.41 Å². The molecule has 0 spiro atoms. The van der Waals surface area contributed by atoms with E-state index in [0.717, 1.165) is 38.8 Å². The van der Waals surface area contributed by atoms with Crippen molar-refractivity contribution >= 4 is 5.91 Å². The van der Waals surface area contributed by atoms with E-state index in [1.54, 1.807) is 0 Å². The van der Waals surface area contributed by atoms with Gasteiger partial charge >= 0.3 is 0 Å². The Balaban J connectivity index is 2.47. The summed E-state index contributed by atoms with van der Waals surface area (Å²) in [7, 11) is 0. The van der Waals surface area contributed by atoms with Gasteiger partial charge in [0.1, 0.15) is 0 Å². The zero-order valence-corrected chi connectivity index (χ0v) is 9.14. The molecule has 3 heteroatoms. The lowest BCUT2D eigenvalue weighted by Gasteiger charge is -2.34. The van der Waals surface area contributed by atoms with E-state index in [0.29, 0.717) is 0 Å². The van der Waals surface area contributed by atoms with E-state index < -0.39 is 0 Å². The van der Waals surface area contributed by atoms with Gasteiger partial charge in [-0.05, 0) is 32.4 Å². The quantitative estimate of drug-likeness (QED) is 0.656. The average molecular weight is 198 g/mol. The topological polar surface area (TPSA) is 55.1 Å². The number of piperidine rings is 1. The number of amides is 1. The molecule has 0 bridgehead atoms. The molecule has 0 radical (unpaired) electrons. The third kappa shape index (κ3) is 2.71. The van der Waals surface area contributed by atoms with E-state index in [1.165, 1.54) is 12.8 Å². The summed E-state index contributed by atoms with van der Waals surface area (Å²) in [4.78, 5) is 11.5. The minimum atomic E-state index is -0.194. The second-order valence-corrected chi connectivity index (χ2v) is 4.35. The molecule has 1 saturated heterocycles. The van der Waals surface area contributed by atoms with Crippen LogP contribution in [0.1, 0.15) is 45.4 Å². The average Bonchev–Trinajstić information content (AvgIpc) is 2.19. The first-order chi connectivity index (χ1) is 6.71. The molecule has 0 aliphatic carbocycles. The SMILES string of the molecule is CCCCCC1(C(N)=O)CCNCC1. The molecule has 14 heavy (non-hydrogen) atoms. The Kier molecular flexibility index (Phi) is 4.39. The molecule has 0 saturated carbocycles. The Bertz CT molecular complexity index is 186. The number of primary amides is 1. The van der Waals surface area contributed by atoms with Crippen LogP contribution < -0.4 is 11.1 Å². The highest BCUT2D eigenvalue weighted by Crippen LogP contribution is 2.34. The minimum absolute atomic E-state index is 0.0879. The monoisotopic (exact) mass is 198 g/mol. The number of hydrogen-bond donors (Lipinski definition) is 2. The summed E-state index contributed by atoms with van der Waals surface area (Å²) < 4.78 is 0. The number of unbranched alkanes of at least 4 members (excludes halogenated alkanes) is 2. The Morgan fingerprint density at radius 3 is 2.50 bits per heavy atom. The highest BCUT2D eigenvalue weighted by atomic mass is 16.1. The predicted octanol–water partition coefficient (Wildman–Crippen LogP) is 1.42. The van der Waals surface area contributed by atoms with Crippen LogP contribution in [0.25, 0.3) is 0 Å². The number of nitrogens with two attached hydrogens (primary N) is 1. The third-order valence-corrected chi connectivity index (χ3v) is 3.34. The zero-order chi connectivity index (χ0) is 10.4. The normalized spacial score (nSPS) is 20.6. The van der Waals surface area contributed by atoms with Crippen LogP contribution in [0.2, 0.25) is 0 Å². The first-order valence-electron chi connectivity index (χ1n) is 5.72. The van der Waals surface area contributed by atoms with Gasteiger partial charge in [0.25, 0.3) is 0 Å². The van der Waals surface area contributed by atoms with Crippen molar-refractivity contribution in [3.63, 3.8) is 0 Å². The number of rotatable bonds is 5. The fraction of sp³-hybridized carbons (Fsp3) is 0.909. The van der Waals surface area contributed by atoms with Gasteiger partial charge in [0.05, 0.1) is 5.41 Å². The van der Waals surface area contributed by atoms with Gasteiger partial charge < -0.3 is 11.1 Å². The highest BCUT2D eigenvalue weighted by molar-refractivity contribution is 5.80. The molecule has 3 N–H and O–H groups in total. The van der Waals surface area contributed by atoms with Crippen molar-refractivity contribution in [2.75, 3.05) is 13.1 Å². The maximum absolute atomic E-state index is 11.5.